The summed E-state index contributed by atoms with van der Waals surface area (Å²) in [6.07, 6.45) is 16.3. The molecule has 1 heteroatoms. The zero-order chi connectivity index (χ0) is 22.9. The van der Waals surface area contributed by atoms with Gasteiger partial charge in [-0.15, -0.1) is 0 Å². The summed E-state index contributed by atoms with van der Waals surface area (Å²) in [4.78, 5) is 0. The molecule has 4 rings (SSSR count). The molecular formula is C32H40O. The number of rotatable bonds is 6. The molecule has 2 aromatic carbocycles. The van der Waals surface area contributed by atoms with E-state index in [9.17, 15) is 0 Å². The minimum absolute atomic E-state index is 0.666. The molecule has 2 aliphatic rings. The first-order valence-electron chi connectivity index (χ1n) is 13.3. The third-order valence-electron chi connectivity index (χ3n) is 7.91. The van der Waals surface area contributed by atoms with Crippen LogP contribution in [0.5, 0.6) is 5.75 Å². The highest BCUT2D eigenvalue weighted by Crippen LogP contribution is 2.38. The Morgan fingerprint density at radius 1 is 0.758 bits per heavy atom. The Balaban J connectivity index is 1.22. The summed E-state index contributed by atoms with van der Waals surface area (Å²) in [6.45, 7) is 5.09. The highest BCUT2D eigenvalue weighted by atomic mass is 16.5. The average Bonchev–Trinajstić information content (AvgIpc) is 2.88. The van der Waals surface area contributed by atoms with E-state index in [1.54, 1.807) is 0 Å². The van der Waals surface area contributed by atoms with E-state index in [-0.39, 0.29) is 0 Å². The van der Waals surface area contributed by atoms with Crippen molar-refractivity contribution in [2.45, 2.75) is 83.5 Å². The van der Waals surface area contributed by atoms with Crippen LogP contribution < -0.4 is 4.74 Å². The molecule has 2 aromatic rings. The summed E-state index contributed by atoms with van der Waals surface area (Å²) in [6, 6.07) is 17.8. The van der Waals surface area contributed by atoms with Crippen LogP contribution >= 0.6 is 0 Å². The summed E-state index contributed by atoms with van der Waals surface area (Å²) in [5.74, 6) is 10.7. The number of allylic oxidation sites excluding steroid dienone is 2. The van der Waals surface area contributed by atoms with Gasteiger partial charge in [0.05, 0.1) is 6.61 Å². The molecule has 0 saturated heterocycles. The number of ether oxygens (including phenoxy) is 1. The van der Waals surface area contributed by atoms with E-state index in [2.05, 4.69) is 79.4 Å². The topological polar surface area (TPSA) is 9.23 Å². The van der Waals surface area contributed by atoms with Crippen LogP contribution in [0, 0.1) is 23.7 Å². The molecule has 0 aromatic heterocycles. The third-order valence-corrected chi connectivity index (χ3v) is 7.91. The number of hydrogen-bond acceptors (Lipinski definition) is 1. The lowest BCUT2D eigenvalue weighted by Crippen LogP contribution is -2.12. The van der Waals surface area contributed by atoms with Gasteiger partial charge >= 0.3 is 0 Å². The second kappa shape index (κ2) is 12.1. The Morgan fingerprint density at radius 2 is 1.33 bits per heavy atom. The van der Waals surface area contributed by atoms with Crippen LogP contribution in [-0.4, -0.2) is 6.61 Å². The quantitative estimate of drug-likeness (QED) is 0.408. The van der Waals surface area contributed by atoms with Gasteiger partial charge in [-0.3, -0.25) is 0 Å². The van der Waals surface area contributed by atoms with Crippen molar-refractivity contribution in [3.8, 4) is 17.6 Å². The molecular weight excluding hydrogens is 400 g/mol. The Kier molecular flexibility index (Phi) is 8.71. The van der Waals surface area contributed by atoms with E-state index in [1.165, 1.54) is 68.9 Å². The molecule has 174 valence electrons. The first-order chi connectivity index (χ1) is 16.2. The molecule has 1 nitrogen and oxygen atoms in total. The lowest BCUT2D eigenvalue weighted by atomic mass is 9.78. The van der Waals surface area contributed by atoms with Gasteiger partial charge in [0, 0.05) is 5.56 Å². The Bertz CT molecular complexity index is 925. The SMILES string of the molecule is CCOc1ccc([C@H]2CC[C@H](C=CC#Cc3ccc([C@H]4CC[C@H](CC)CC4)cc3)CC2)cc1. The van der Waals surface area contributed by atoms with Crippen molar-refractivity contribution in [3.63, 3.8) is 0 Å². The lowest BCUT2D eigenvalue weighted by Gasteiger charge is -2.28. The van der Waals surface area contributed by atoms with Crippen LogP contribution in [-0.2, 0) is 0 Å². The Morgan fingerprint density at radius 3 is 1.91 bits per heavy atom. The van der Waals surface area contributed by atoms with Crippen molar-refractivity contribution in [3.05, 3.63) is 77.4 Å². The van der Waals surface area contributed by atoms with E-state index in [0.717, 1.165) is 29.8 Å². The highest BCUT2D eigenvalue weighted by Gasteiger charge is 2.21. The van der Waals surface area contributed by atoms with Gasteiger partial charge in [0.1, 0.15) is 5.75 Å². The molecule has 0 bridgehead atoms. The van der Waals surface area contributed by atoms with Gasteiger partial charge in [0.2, 0.25) is 0 Å². The van der Waals surface area contributed by atoms with Crippen LogP contribution in [0.25, 0.3) is 0 Å². The van der Waals surface area contributed by atoms with Crippen LogP contribution in [0.2, 0.25) is 0 Å². The maximum Gasteiger partial charge on any atom is 0.119 e. The second-order valence-electron chi connectivity index (χ2n) is 9.99. The van der Waals surface area contributed by atoms with Crippen molar-refractivity contribution < 1.29 is 4.74 Å². The fourth-order valence-electron chi connectivity index (χ4n) is 5.70. The Hall–Kier alpha value is -2.46. The van der Waals surface area contributed by atoms with Crippen molar-refractivity contribution in [1.82, 2.24) is 0 Å². The van der Waals surface area contributed by atoms with Gasteiger partial charge in [0.15, 0.2) is 0 Å². The van der Waals surface area contributed by atoms with Gasteiger partial charge in [-0.25, -0.2) is 0 Å². The van der Waals surface area contributed by atoms with Crippen LogP contribution in [0.4, 0.5) is 0 Å². The van der Waals surface area contributed by atoms with Gasteiger partial charge < -0.3 is 4.74 Å². The lowest BCUT2D eigenvalue weighted by molar-refractivity contribution is 0.319. The number of hydrogen-bond donors (Lipinski definition) is 0. The van der Waals surface area contributed by atoms with E-state index < -0.39 is 0 Å². The van der Waals surface area contributed by atoms with Gasteiger partial charge in [-0.05, 0) is 123 Å². The monoisotopic (exact) mass is 440 g/mol. The molecule has 0 atom stereocenters. The Labute approximate surface area is 201 Å². The molecule has 2 saturated carbocycles. The minimum atomic E-state index is 0.666. The fraction of sp³-hybridized carbons (Fsp3) is 0.500. The normalized spacial score (nSPS) is 25.4. The smallest absolute Gasteiger partial charge is 0.119 e. The van der Waals surface area contributed by atoms with Gasteiger partial charge in [-0.1, -0.05) is 55.5 Å². The van der Waals surface area contributed by atoms with E-state index in [0.29, 0.717) is 11.8 Å². The second-order valence-corrected chi connectivity index (χ2v) is 9.99. The maximum absolute atomic E-state index is 5.57. The largest absolute Gasteiger partial charge is 0.494 e. The summed E-state index contributed by atoms with van der Waals surface area (Å²) >= 11 is 0. The zero-order valence-electron chi connectivity index (χ0n) is 20.6. The minimum Gasteiger partial charge on any atom is -0.494 e. The van der Waals surface area contributed by atoms with Gasteiger partial charge in [0.25, 0.3) is 0 Å². The van der Waals surface area contributed by atoms with Crippen molar-refractivity contribution in [1.29, 1.82) is 0 Å². The molecule has 0 unspecified atom stereocenters. The van der Waals surface area contributed by atoms with Crippen LogP contribution in [0.15, 0.2) is 60.7 Å². The van der Waals surface area contributed by atoms with E-state index in [4.69, 9.17) is 4.74 Å². The zero-order valence-corrected chi connectivity index (χ0v) is 20.6. The van der Waals surface area contributed by atoms with Crippen LogP contribution in [0.1, 0.15) is 100 Å². The van der Waals surface area contributed by atoms with Crippen LogP contribution in [0.3, 0.4) is 0 Å². The molecule has 2 aliphatic carbocycles. The molecule has 33 heavy (non-hydrogen) atoms. The molecule has 0 heterocycles. The van der Waals surface area contributed by atoms with Gasteiger partial charge in [-0.2, -0.15) is 0 Å². The molecule has 0 aliphatic heterocycles. The fourth-order valence-corrected chi connectivity index (χ4v) is 5.70. The first kappa shape index (κ1) is 23.7. The molecule has 2 fully saturated rings. The molecule has 0 N–H and O–H groups in total. The number of benzene rings is 2. The predicted molar refractivity (Wildman–Crippen MR) is 140 cm³/mol. The summed E-state index contributed by atoms with van der Waals surface area (Å²) in [5.41, 5.74) is 4.10. The standard InChI is InChI=1S/C32H40O/c1-3-25-9-15-28(16-10-25)29-17-11-26(12-18-29)7-5-6-8-27-13-19-30(20-14-27)31-21-23-32(24-22-31)33-4-2/h6,8,11-12,17-18,21-25,27-28,30H,3-4,9-10,13-16,19-20H2,1-2H3/t25-,27-,28-,30-. The highest BCUT2D eigenvalue weighted by molar-refractivity contribution is 5.39. The van der Waals surface area contributed by atoms with E-state index >= 15 is 0 Å². The van der Waals surface area contributed by atoms with Crippen molar-refractivity contribution in [2.75, 3.05) is 6.61 Å². The first-order valence-corrected chi connectivity index (χ1v) is 13.3. The molecule has 0 spiro atoms. The third kappa shape index (κ3) is 6.77. The summed E-state index contributed by atoms with van der Waals surface area (Å²) in [7, 11) is 0. The summed E-state index contributed by atoms with van der Waals surface area (Å²) in [5, 5.41) is 0. The average molecular weight is 441 g/mol. The van der Waals surface area contributed by atoms with Crippen molar-refractivity contribution in [2.24, 2.45) is 11.8 Å². The predicted octanol–water partition coefficient (Wildman–Crippen LogP) is 8.65. The maximum atomic E-state index is 5.57. The van der Waals surface area contributed by atoms with Crippen molar-refractivity contribution >= 4 is 0 Å². The van der Waals surface area contributed by atoms with E-state index in [1.807, 2.05) is 6.92 Å². The molecule has 0 radical (unpaired) electrons. The molecule has 0 amide bonds. The summed E-state index contributed by atoms with van der Waals surface area (Å²) < 4.78 is 5.57.